The van der Waals surface area contributed by atoms with Crippen LogP contribution in [0, 0.1) is 0 Å². The molecule has 0 spiro atoms. The number of esters is 1. The van der Waals surface area contributed by atoms with Crippen LogP contribution in [-0.4, -0.2) is 51.5 Å². The molecule has 0 aliphatic rings. The van der Waals surface area contributed by atoms with Crippen LogP contribution in [-0.2, 0) is 0 Å². The van der Waals surface area contributed by atoms with Crippen LogP contribution in [0.4, 0.5) is 0 Å². The number of halogens is 3. The Bertz CT molecular complexity index is 1970. The Morgan fingerprint density at radius 1 is 0.826 bits per heavy atom. The molecule has 0 aliphatic heterocycles. The number of hydrogen-bond donors (Lipinski definition) is 2. The molecule has 0 saturated carbocycles. The molecule has 1 heterocycles. The number of amides is 1. The Morgan fingerprint density at radius 2 is 1.52 bits per heavy atom. The molecule has 0 atom stereocenters. The Morgan fingerprint density at radius 3 is 2.17 bits per heavy atom. The van der Waals surface area contributed by atoms with Gasteiger partial charge in [0.2, 0.25) is 5.75 Å². The number of ether oxygens (including phenoxy) is 5. The minimum absolute atomic E-state index is 0.160. The van der Waals surface area contributed by atoms with E-state index in [9.17, 15) is 9.59 Å². The topological polar surface area (TPSA) is 120 Å². The summed E-state index contributed by atoms with van der Waals surface area (Å²) in [5.74, 6) is 0.175. The third-order valence-electron chi connectivity index (χ3n) is 6.87. The van der Waals surface area contributed by atoms with Crippen molar-refractivity contribution >= 4 is 68.1 Å². The van der Waals surface area contributed by atoms with E-state index in [1.807, 2.05) is 24.3 Å². The van der Waals surface area contributed by atoms with Gasteiger partial charge in [-0.15, -0.1) is 0 Å². The van der Waals surface area contributed by atoms with E-state index in [4.69, 9.17) is 46.9 Å². The number of aromatic amines is 1. The number of nitrogens with one attached hydrogen (secondary N) is 2. The molecule has 1 aromatic heterocycles. The van der Waals surface area contributed by atoms with E-state index in [0.29, 0.717) is 54.9 Å². The SMILES string of the molecule is COc1cc(C=NNC(=O)c2[nH]c3c(Cl)cc(Br)cc3c2-c2ccccc2Cl)ccc1OC(=O)c1cc(OC)c(OC)c(OC)c1. The van der Waals surface area contributed by atoms with Crippen LogP contribution < -0.4 is 29.1 Å². The van der Waals surface area contributed by atoms with Crippen LogP contribution in [0.2, 0.25) is 10.0 Å². The minimum atomic E-state index is -0.675. The third-order valence-corrected chi connectivity index (χ3v) is 7.95. The van der Waals surface area contributed by atoms with Gasteiger partial charge in [-0.05, 0) is 54.1 Å². The van der Waals surface area contributed by atoms with E-state index >= 15 is 0 Å². The maximum absolute atomic E-state index is 13.4. The first kappa shape index (κ1) is 32.7. The first-order valence-corrected chi connectivity index (χ1v) is 15.0. The molecule has 0 fully saturated rings. The summed E-state index contributed by atoms with van der Waals surface area (Å²) in [4.78, 5) is 29.5. The molecular formula is C33H26BrCl2N3O7. The first-order chi connectivity index (χ1) is 22.2. The van der Waals surface area contributed by atoms with Gasteiger partial charge in [-0.3, -0.25) is 4.79 Å². The molecule has 10 nitrogen and oxygen atoms in total. The van der Waals surface area contributed by atoms with Crippen molar-refractivity contribution in [2.24, 2.45) is 5.10 Å². The van der Waals surface area contributed by atoms with Gasteiger partial charge in [-0.1, -0.05) is 57.3 Å². The lowest BCUT2D eigenvalue weighted by Gasteiger charge is -2.14. The predicted molar refractivity (Wildman–Crippen MR) is 181 cm³/mol. The van der Waals surface area contributed by atoms with Crippen LogP contribution in [0.1, 0.15) is 26.4 Å². The fourth-order valence-electron chi connectivity index (χ4n) is 4.76. The molecule has 5 rings (SSSR count). The number of rotatable bonds is 10. The molecular weight excluding hydrogens is 701 g/mol. The summed E-state index contributed by atoms with van der Waals surface area (Å²) in [5, 5.41) is 5.74. The van der Waals surface area contributed by atoms with Crippen LogP contribution in [0.3, 0.4) is 0 Å². The quantitative estimate of drug-likeness (QED) is 0.0649. The Hall–Kier alpha value is -4.71. The maximum atomic E-state index is 13.4. The van der Waals surface area contributed by atoms with Crippen molar-refractivity contribution in [2.75, 3.05) is 28.4 Å². The fourth-order valence-corrected chi connectivity index (χ4v) is 5.85. The number of carbonyl (C=O) groups is 2. The summed E-state index contributed by atoms with van der Waals surface area (Å²) in [6.45, 7) is 0. The number of fused-ring (bicyclic) bond motifs is 1. The molecule has 1 amide bonds. The van der Waals surface area contributed by atoms with Crippen molar-refractivity contribution in [2.45, 2.75) is 0 Å². The molecule has 0 bridgehead atoms. The van der Waals surface area contributed by atoms with Crippen molar-refractivity contribution in [3.8, 4) is 39.9 Å². The lowest BCUT2D eigenvalue weighted by Crippen LogP contribution is -2.19. The highest BCUT2D eigenvalue weighted by atomic mass is 79.9. The second-order valence-corrected chi connectivity index (χ2v) is 11.3. The number of benzene rings is 4. The number of hydrazone groups is 1. The molecule has 5 aromatic rings. The van der Waals surface area contributed by atoms with Gasteiger partial charge in [0.25, 0.3) is 5.91 Å². The monoisotopic (exact) mass is 725 g/mol. The molecule has 46 heavy (non-hydrogen) atoms. The molecule has 236 valence electrons. The van der Waals surface area contributed by atoms with Gasteiger partial charge in [0.1, 0.15) is 5.69 Å². The summed E-state index contributed by atoms with van der Waals surface area (Å²) < 4.78 is 27.8. The van der Waals surface area contributed by atoms with Gasteiger partial charge in [-0.25, -0.2) is 10.2 Å². The van der Waals surface area contributed by atoms with Crippen molar-refractivity contribution in [3.05, 3.63) is 98.1 Å². The van der Waals surface area contributed by atoms with Crippen LogP contribution in [0.25, 0.3) is 22.0 Å². The summed E-state index contributed by atoms with van der Waals surface area (Å²) in [6, 6.07) is 18.6. The van der Waals surface area contributed by atoms with Crippen LogP contribution >= 0.6 is 39.1 Å². The highest BCUT2D eigenvalue weighted by Crippen LogP contribution is 2.41. The zero-order valence-electron chi connectivity index (χ0n) is 24.9. The summed E-state index contributed by atoms with van der Waals surface area (Å²) in [5.41, 5.74) is 5.32. The van der Waals surface area contributed by atoms with Gasteiger partial charge in [0, 0.05) is 26.0 Å². The molecule has 0 unspecified atom stereocenters. The average Bonchev–Trinajstić information content (AvgIpc) is 3.44. The fraction of sp³-hybridized carbons (Fsp3) is 0.121. The Balaban J connectivity index is 1.37. The lowest BCUT2D eigenvalue weighted by atomic mass is 10.0. The van der Waals surface area contributed by atoms with E-state index in [-0.39, 0.29) is 22.8 Å². The van der Waals surface area contributed by atoms with E-state index < -0.39 is 11.9 Å². The Labute approximate surface area is 282 Å². The van der Waals surface area contributed by atoms with Crippen LogP contribution in [0.5, 0.6) is 28.7 Å². The molecule has 0 aliphatic carbocycles. The predicted octanol–water partition coefficient (Wildman–Crippen LogP) is 7.92. The largest absolute Gasteiger partial charge is 0.493 e. The van der Waals surface area contributed by atoms with Crippen LogP contribution in [0.15, 0.2) is 76.3 Å². The van der Waals surface area contributed by atoms with Crippen molar-refractivity contribution in [3.63, 3.8) is 0 Å². The van der Waals surface area contributed by atoms with Gasteiger partial charge >= 0.3 is 5.97 Å². The molecule has 0 saturated heterocycles. The summed E-state index contributed by atoms with van der Waals surface area (Å²) in [6.07, 6.45) is 1.42. The third kappa shape index (κ3) is 6.62. The van der Waals surface area contributed by atoms with Gasteiger partial charge in [-0.2, -0.15) is 5.10 Å². The zero-order chi connectivity index (χ0) is 33.0. The van der Waals surface area contributed by atoms with E-state index in [1.165, 1.54) is 46.8 Å². The highest BCUT2D eigenvalue weighted by Gasteiger charge is 2.23. The number of hydrogen-bond acceptors (Lipinski definition) is 8. The molecule has 2 N–H and O–H groups in total. The lowest BCUT2D eigenvalue weighted by molar-refractivity contribution is 0.0728. The second-order valence-electron chi connectivity index (χ2n) is 9.58. The second kappa shape index (κ2) is 14.2. The number of H-pyrrole nitrogens is 1. The minimum Gasteiger partial charge on any atom is -0.493 e. The highest BCUT2D eigenvalue weighted by molar-refractivity contribution is 9.10. The van der Waals surface area contributed by atoms with Crippen molar-refractivity contribution < 1.29 is 33.3 Å². The van der Waals surface area contributed by atoms with E-state index in [0.717, 1.165) is 4.47 Å². The summed E-state index contributed by atoms with van der Waals surface area (Å²) in [7, 11) is 5.80. The smallest absolute Gasteiger partial charge is 0.343 e. The summed E-state index contributed by atoms with van der Waals surface area (Å²) >= 11 is 16.5. The number of aromatic nitrogens is 1. The van der Waals surface area contributed by atoms with Gasteiger partial charge in [0.15, 0.2) is 23.0 Å². The van der Waals surface area contributed by atoms with Gasteiger partial charge in [0.05, 0.1) is 50.8 Å². The Kier molecular flexibility index (Phi) is 10.1. The van der Waals surface area contributed by atoms with E-state index in [1.54, 1.807) is 30.3 Å². The van der Waals surface area contributed by atoms with Crippen molar-refractivity contribution in [1.29, 1.82) is 0 Å². The zero-order valence-corrected chi connectivity index (χ0v) is 28.0. The number of nitrogens with zero attached hydrogens (tertiary/aromatic N) is 1. The number of carbonyl (C=O) groups excluding carboxylic acids is 2. The molecule has 0 radical (unpaired) electrons. The molecule has 13 heteroatoms. The normalized spacial score (nSPS) is 11.0. The number of methoxy groups -OCH3 is 4. The average molecular weight is 727 g/mol. The van der Waals surface area contributed by atoms with E-state index in [2.05, 4.69) is 31.4 Å². The van der Waals surface area contributed by atoms with Crippen molar-refractivity contribution in [1.82, 2.24) is 10.4 Å². The maximum Gasteiger partial charge on any atom is 0.343 e. The standard InChI is InChI=1S/C33H26BrCl2N3O7/c1-42-25-11-17(9-10-24(25)46-33(41)18-12-26(43-2)31(45-4)27(13-18)44-3)16-37-39-32(40)30-28(20-7-5-6-8-22(20)35)21-14-19(34)15-23(36)29(21)38-30/h5-16,38H,1-4H3,(H,39,40). The first-order valence-electron chi connectivity index (χ1n) is 13.5. The molecule has 4 aromatic carbocycles. The van der Waals surface area contributed by atoms with Gasteiger partial charge < -0.3 is 28.7 Å².